The smallest absolute Gasteiger partial charge is 0.173 e. The van der Waals surface area contributed by atoms with Crippen molar-refractivity contribution >= 4 is 11.4 Å². The molecule has 0 aliphatic heterocycles. The second-order valence-electron chi connectivity index (χ2n) is 6.57. The van der Waals surface area contributed by atoms with E-state index in [9.17, 15) is 9.81 Å². The highest BCUT2D eigenvalue weighted by atomic mass is 32.2. The van der Waals surface area contributed by atoms with Crippen molar-refractivity contribution in [3.05, 3.63) is 102 Å². The molecule has 3 rings (SSSR count). The molecule has 2 atom stereocenters. The van der Waals surface area contributed by atoms with Gasteiger partial charge in [0.1, 0.15) is 5.41 Å². The largest absolute Gasteiger partial charge is 0.593 e. The van der Waals surface area contributed by atoms with Crippen LogP contribution < -0.4 is 4.72 Å². The summed E-state index contributed by atoms with van der Waals surface area (Å²) in [4.78, 5) is 0.695. The summed E-state index contributed by atoms with van der Waals surface area (Å²) < 4.78 is 16.0. The first-order valence-corrected chi connectivity index (χ1v) is 10.00. The summed E-state index contributed by atoms with van der Waals surface area (Å²) in [6, 6.07) is 29.1. The lowest BCUT2D eigenvalue weighted by Gasteiger charge is -2.34. The predicted molar refractivity (Wildman–Crippen MR) is 109 cm³/mol. The van der Waals surface area contributed by atoms with Crippen molar-refractivity contribution in [3.8, 4) is 6.07 Å². The Morgan fingerprint density at radius 2 is 1.37 bits per heavy atom. The van der Waals surface area contributed by atoms with E-state index in [1.165, 1.54) is 0 Å². The van der Waals surface area contributed by atoms with E-state index < -0.39 is 16.8 Å². The zero-order chi connectivity index (χ0) is 19.3. The average Bonchev–Trinajstić information content (AvgIpc) is 2.71. The van der Waals surface area contributed by atoms with Crippen LogP contribution in [0.3, 0.4) is 0 Å². The van der Waals surface area contributed by atoms with Crippen LogP contribution in [0.25, 0.3) is 0 Å². The van der Waals surface area contributed by atoms with Gasteiger partial charge in [-0.25, -0.2) is 0 Å². The van der Waals surface area contributed by atoms with Crippen LogP contribution in [0.5, 0.6) is 0 Å². The van der Waals surface area contributed by atoms with Gasteiger partial charge in [-0.05, 0) is 37.1 Å². The van der Waals surface area contributed by atoms with Crippen molar-refractivity contribution in [1.82, 2.24) is 4.72 Å². The number of rotatable bonds is 6. The van der Waals surface area contributed by atoms with E-state index in [-0.39, 0.29) is 6.04 Å². The Morgan fingerprint density at radius 3 is 1.81 bits per heavy atom. The van der Waals surface area contributed by atoms with Gasteiger partial charge in [-0.15, -0.1) is 4.72 Å². The normalized spacial score (nSPS) is 13.6. The number of nitrogens with zero attached hydrogens (tertiary/aromatic N) is 1. The highest BCUT2D eigenvalue weighted by Gasteiger charge is 2.42. The van der Waals surface area contributed by atoms with Gasteiger partial charge in [0.25, 0.3) is 0 Å². The Balaban J connectivity index is 2.00. The van der Waals surface area contributed by atoms with Crippen LogP contribution >= 0.6 is 0 Å². The van der Waals surface area contributed by atoms with Gasteiger partial charge in [-0.3, -0.25) is 0 Å². The summed E-state index contributed by atoms with van der Waals surface area (Å²) in [7, 11) is 0. The lowest BCUT2D eigenvalue weighted by Crippen LogP contribution is -2.48. The second kappa shape index (κ2) is 8.41. The molecule has 1 unspecified atom stereocenters. The lowest BCUT2D eigenvalue weighted by molar-refractivity contribution is 0.481. The number of nitriles is 1. The summed E-state index contributed by atoms with van der Waals surface area (Å²) in [6.07, 6.45) is 0. The first-order valence-electron chi connectivity index (χ1n) is 8.85. The summed E-state index contributed by atoms with van der Waals surface area (Å²) in [6.45, 7) is 3.91. The molecule has 0 spiro atoms. The number of benzene rings is 3. The zero-order valence-corrected chi connectivity index (χ0v) is 16.2. The Morgan fingerprint density at radius 1 is 0.889 bits per heavy atom. The molecule has 0 amide bonds. The molecular formula is C23H22N2OS. The molecule has 1 N–H and O–H groups in total. The third-order valence-electron chi connectivity index (χ3n) is 4.80. The third-order valence-corrected chi connectivity index (χ3v) is 6.07. The Kier molecular flexibility index (Phi) is 5.98. The molecule has 0 aliphatic rings. The van der Waals surface area contributed by atoms with Crippen LogP contribution in [0.2, 0.25) is 0 Å². The predicted octanol–water partition coefficient (Wildman–Crippen LogP) is 4.51. The lowest BCUT2D eigenvalue weighted by atomic mass is 9.71. The molecule has 0 radical (unpaired) electrons. The Labute approximate surface area is 164 Å². The second-order valence-corrected chi connectivity index (χ2v) is 7.82. The molecule has 0 saturated heterocycles. The fourth-order valence-corrected chi connectivity index (χ4v) is 4.29. The third kappa shape index (κ3) is 3.91. The molecule has 136 valence electrons. The minimum atomic E-state index is -1.42. The Hall–Kier alpha value is -2.58. The topological polar surface area (TPSA) is 58.9 Å². The molecule has 3 aromatic rings. The zero-order valence-electron chi connectivity index (χ0n) is 15.4. The summed E-state index contributed by atoms with van der Waals surface area (Å²) >= 11 is -1.42. The average molecular weight is 375 g/mol. The van der Waals surface area contributed by atoms with Crippen molar-refractivity contribution < 1.29 is 4.55 Å². The molecule has 0 heterocycles. The first-order chi connectivity index (χ1) is 13.1. The molecular weight excluding hydrogens is 352 g/mol. The van der Waals surface area contributed by atoms with Crippen LogP contribution in [0.1, 0.15) is 23.6 Å². The maximum absolute atomic E-state index is 12.9. The van der Waals surface area contributed by atoms with Gasteiger partial charge < -0.3 is 4.55 Å². The van der Waals surface area contributed by atoms with Gasteiger partial charge in [0, 0.05) is 0 Å². The quantitative estimate of drug-likeness (QED) is 0.646. The van der Waals surface area contributed by atoms with E-state index in [2.05, 4.69) is 10.8 Å². The molecule has 27 heavy (non-hydrogen) atoms. The fraction of sp³-hybridized carbons (Fsp3) is 0.174. The van der Waals surface area contributed by atoms with Gasteiger partial charge >= 0.3 is 0 Å². The van der Waals surface area contributed by atoms with E-state index in [1.807, 2.05) is 98.8 Å². The van der Waals surface area contributed by atoms with Gasteiger partial charge in [-0.2, -0.15) is 5.26 Å². The maximum Gasteiger partial charge on any atom is 0.173 e. The Bertz CT molecular complexity index is 865. The van der Waals surface area contributed by atoms with Gasteiger partial charge in [0.2, 0.25) is 0 Å². The minimum absolute atomic E-state index is 0.380. The highest BCUT2D eigenvalue weighted by molar-refractivity contribution is 7.89. The van der Waals surface area contributed by atoms with Gasteiger partial charge in [0.15, 0.2) is 4.90 Å². The highest BCUT2D eigenvalue weighted by Crippen LogP contribution is 2.36. The first kappa shape index (κ1) is 19.2. The van der Waals surface area contributed by atoms with Crippen LogP contribution in [-0.2, 0) is 16.8 Å². The van der Waals surface area contributed by atoms with Gasteiger partial charge in [-0.1, -0.05) is 78.4 Å². The molecule has 3 nitrogen and oxygen atoms in total. The van der Waals surface area contributed by atoms with Crippen LogP contribution in [-0.4, -0.2) is 10.6 Å². The number of nitrogens with one attached hydrogen (secondary N) is 1. The molecule has 0 aromatic heterocycles. The van der Waals surface area contributed by atoms with Crippen LogP contribution in [0.4, 0.5) is 0 Å². The van der Waals surface area contributed by atoms with E-state index in [4.69, 9.17) is 0 Å². The number of hydrogen-bond donors (Lipinski definition) is 1. The molecule has 4 heteroatoms. The van der Waals surface area contributed by atoms with E-state index in [1.54, 1.807) is 0 Å². The standard InChI is InChI=1S/C23H22N2OS/c1-18-13-15-22(16-14-18)27(26)25-19(2)23(17-24,20-9-5-3-6-10-20)21-11-7-4-8-12-21/h3-16,19,25H,1-2H3/t19-,27?/m0/s1. The van der Waals surface area contributed by atoms with E-state index >= 15 is 0 Å². The fourth-order valence-electron chi connectivity index (χ4n) is 3.27. The van der Waals surface area contributed by atoms with Crippen LogP contribution in [0, 0.1) is 18.3 Å². The molecule has 0 fully saturated rings. The van der Waals surface area contributed by atoms with Crippen molar-refractivity contribution in [2.75, 3.05) is 0 Å². The van der Waals surface area contributed by atoms with Crippen molar-refractivity contribution in [3.63, 3.8) is 0 Å². The number of aryl methyl sites for hydroxylation is 1. The summed E-state index contributed by atoms with van der Waals surface area (Å²) in [5, 5.41) is 10.3. The summed E-state index contributed by atoms with van der Waals surface area (Å²) in [5.74, 6) is 0. The molecule has 0 bridgehead atoms. The van der Waals surface area contributed by atoms with Crippen molar-refractivity contribution in [2.24, 2.45) is 0 Å². The minimum Gasteiger partial charge on any atom is -0.593 e. The van der Waals surface area contributed by atoms with Crippen molar-refractivity contribution in [2.45, 2.75) is 30.2 Å². The molecule has 0 saturated carbocycles. The maximum atomic E-state index is 12.9. The number of hydrogen-bond acceptors (Lipinski definition) is 3. The van der Waals surface area contributed by atoms with E-state index in [0.717, 1.165) is 16.7 Å². The van der Waals surface area contributed by atoms with Crippen LogP contribution in [0.15, 0.2) is 89.8 Å². The summed E-state index contributed by atoms with van der Waals surface area (Å²) in [5.41, 5.74) is 1.91. The monoisotopic (exact) mass is 374 g/mol. The van der Waals surface area contributed by atoms with Crippen molar-refractivity contribution in [1.29, 1.82) is 5.26 Å². The van der Waals surface area contributed by atoms with E-state index in [0.29, 0.717) is 4.90 Å². The molecule has 3 aromatic carbocycles. The molecule has 0 aliphatic carbocycles. The van der Waals surface area contributed by atoms with Gasteiger partial charge in [0.05, 0.1) is 23.5 Å². The SMILES string of the molecule is Cc1ccc([S+]([O-])N[C@@H](C)C(C#N)(c2ccccc2)c2ccccc2)cc1.